The number of allylic oxidation sites excluding steroid dienone is 5. The Kier molecular flexibility index (Phi) is 2.44. The van der Waals surface area contributed by atoms with Crippen LogP contribution in [0, 0.1) is 0 Å². The monoisotopic (exact) mass is 238 g/mol. The van der Waals surface area contributed by atoms with Crippen molar-refractivity contribution in [2.45, 2.75) is 25.1 Å². The van der Waals surface area contributed by atoms with E-state index in [1.54, 1.807) is 5.20 Å². The standard InChI is InChI=1S/C16H18Si/c1-17(2,14-8-4-5-9-14)16-12-11-13-7-3-6-10-15(13)16/h3-8,10-12,16H,9H2,1-2H3. The van der Waals surface area contributed by atoms with Crippen molar-refractivity contribution in [1.82, 2.24) is 0 Å². The van der Waals surface area contributed by atoms with E-state index in [-0.39, 0.29) is 0 Å². The maximum Gasteiger partial charge on any atom is 0.0873 e. The lowest BCUT2D eigenvalue weighted by atomic mass is 10.1. The van der Waals surface area contributed by atoms with E-state index in [4.69, 9.17) is 0 Å². The summed E-state index contributed by atoms with van der Waals surface area (Å²) in [7, 11) is -1.38. The molecule has 17 heavy (non-hydrogen) atoms. The zero-order valence-corrected chi connectivity index (χ0v) is 11.5. The summed E-state index contributed by atoms with van der Waals surface area (Å²) in [5.41, 5.74) is 3.62. The van der Waals surface area contributed by atoms with Crippen molar-refractivity contribution in [2.75, 3.05) is 0 Å². The number of hydrogen-bond donors (Lipinski definition) is 0. The van der Waals surface area contributed by atoms with Gasteiger partial charge in [0.25, 0.3) is 0 Å². The molecule has 0 aromatic heterocycles. The quantitative estimate of drug-likeness (QED) is 0.667. The van der Waals surface area contributed by atoms with Crippen molar-refractivity contribution in [1.29, 1.82) is 0 Å². The van der Waals surface area contributed by atoms with Gasteiger partial charge in [0.15, 0.2) is 0 Å². The van der Waals surface area contributed by atoms with Crippen molar-refractivity contribution in [3.05, 3.63) is 64.9 Å². The Labute approximate surface area is 104 Å². The van der Waals surface area contributed by atoms with Gasteiger partial charge >= 0.3 is 0 Å². The maximum absolute atomic E-state index is 2.50. The minimum absolute atomic E-state index is 0.657. The normalized spacial score (nSPS) is 21.8. The first-order chi connectivity index (χ1) is 8.19. The number of fused-ring (bicyclic) bond motifs is 1. The van der Waals surface area contributed by atoms with Gasteiger partial charge in [0.1, 0.15) is 0 Å². The predicted octanol–water partition coefficient (Wildman–Crippen LogP) is 4.47. The van der Waals surface area contributed by atoms with Crippen LogP contribution in [-0.4, -0.2) is 8.07 Å². The fourth-order valence-corrected chi connectivity index (χ4v) is 6.19. The number of rotatable bonds is 2. The fourth-order valence-electron chi connectivity index (χ4n) is 3.00. The molecule has 2 aliphatic carbocycles. The predicted molar refractivity (Wildman–Crippen MR) is 77.5 cm³/mol. The molecule has 1 unspecified atom stereocenters. The van der Waals surface area contributed by atoms with Crippen LogP contribution in [0.2, 0.25) is 13.1 Å². The molecule has 2 aliphatic rings. The van der Waals surface area contributed by atoms with Crippen LogP contribution in [0.1, 0.15) is 23.1 Å². The molecule has 1 aromatic carbocycles. The molecule has 86 valence electrons. The fraction of sp³-hybridized carbons (Fsp3) is 0.250. The number of hydrogen-bond acceptors (Lipinski definition) is 0. The lowest BCUT2D eigenvalue weighted by Crippen LogP contribution is -2.35. The molecular formula is C16H18Si. The zero-order valence-electron chi connectivity index (χ0n) is 10.5. The molecule has 0 radical (unpaired) electrons. The van der Waals surface area contributed by atoms with E-state index in [1.165, 1.54) is 17.5 Å². The molecule has 3 rings (SSSR count). The van der Waals surface area contributed by atoms with Gasteiger partial charge in [-0.2, -0.15) is 0 Å². The van der Waals surface area contributed by atoms with E-state index in [9.17, 15) is 0 Å². The highest BCUT2D eigenvalue weighted by molar-refractivity contribution is 6.86. The van der Waals surface area contributed by atoms with Gasteiger partial charge in [0.05, 0.1) is 8.07 Å². The lowest BCUT2D eigenvalue weighted by molar-refractivity contribution is 1.14. The molecule has 0 spiro atoms. The van der Waals surface area contributed by atoms with Crippen molar-refractivity contribution in [3.63, 3.8) is 0 Å². The average Bonchev–Trinajstić information content (AvgIpc) is 2.99. The van der Waals surface area contributed by atoms with Gasteiger partial charge in [0, 0.05) is 5.54 Å². The molecule has 0 nitrogen and oxygen atoms in total. The Hall–Kier alpha value is -1.34. The SMILES string of the molecule is C[Si](C)(C1=CC=CC1)C1C=Cc2ccccc21. The third-order valence-corrected chi connectivity index (χ3v) is 8.26. The van der Waals surface area contributed by atoms with Crippen molar-refractivity contribution >= 4 is 14.1 Å². The second kappa shape index (κ2) is 3.85. The Bertz CT molecular complexity index is 532. The Morgan fingerprint density at radius 1 is 1.18 bits per heavy atom. The second-order valence-electron chi connectivity index (χ2n) is 5.51. The summed E-state index contributed by atoms with van der Waals surface area (Å²) in [6, 6.07) is 8.84. The molecule has 0 saturated heterocycles. The van der Waals surface area contributed by atoms with E-state index in [0.29, 0.717) is 5.54 Å². The maximum atomic E-state index is 2.50. The van der Waals surface area contributed by atoms with E-state index < -0.39 is 8.07 Å². The molecule has 1 aromatic rings. The van der Waals surface area contributed by atoms with Crippen molar-refractivity contribution in [3.8, 4) is 0 Å². The molecule has 0 saturated carbocycles. The van der Waals surface area contributed by atoms with Crippen LogP contribution < -0.4 is 0 Å². The summed E-state index contributed by atoms with van der Waals surface area (Å²) in [6.45, 7) is 5.01. The third kappa shape index (κ3) is 1.66. The lowest BCUT2D eigenvalue weighted by Gasteiger charge is -2.31. The average molecular weight is 238 g/mol. The second-order valence-corrected chi connectivity index (χ2v) is 10.2. The first-order valence-corrected chi connectivity index (χ1v) is 9.40. The van der Waals surface area contributed by atoms with Crippen LogP contribution in [0.5, 0.6) is 0 Å². The molecule has 1 heteroatoms. The molecule has 0 N–H and O–H groups in total. The largest absolute Gasteiger partial charge is 0.0873 e. The van der Waals surface area contributed by atoms with E-state index in [1.807, 2.05) is 0 Å². The number of benzene rings is 1. The van der Waals surface area contributed by atoms with Crippen LogP contribution in [0.15, 0.2) is 53.8 Å². The highest BCUT2D eigenvalue weighted by atomic mass is 28.3. The highest BCUT2D eigenvalue weighted by Crippen LogP contribution is 2.41. The van der Waals surface area contributed by atoms with Crippen molar-refractivity contribution in [2.24, 2.45) is 0 Å². The van der Waals surface area contributed by atoms with Crippen LogP contribution in [0.3, 0.4) is 0 Å². The topological polar surface area (TPSA) is 0 Å². The van der Waals surface area contributed by atoms with Crippen LogP contribution >= 0.6 is 0 Å². The Balaban J connectivity index is 1.99. The first-order valence-electron chi connectivity index (χ1n) is 6.33. The smallest absolute Gasteiger partial charge is 0.0809 e. The molecular weight excluding hydrogens is 220 g/mol. The summed E-state index contributed by atoms with van der Waals surface area (Å²) in [4.78, 5) is 0. The Morgan fingerprint density at radius 3 is 2.76 bits per heavy atom. The Morgan fingerprint density at radius 2 is 2.00 bits per heavy atom. The van der Waals surface area contributed by atoms with E-state index >= 15 is 0 Å². The van der Waals surface area contributed by atoms with Gasteiger partial charge in [0.2, 0.25) is 0 Å². The molecule has 0 aliphatic heterocycles. The van der Waals surface area contributed by atoms with Crippen LogP contribution in [0.25, 0.3) is 6.08 Å². The first kappa shape index (κ1) is 10.8. The van der Waals surface area contributed by atoms with E-state index in [2.05, 4.69) is 67.7 Å². The van der Waals surface area contributed by atoms with Crippen LogP contribution in [0.4, 0.5) is 0 Å². The molecule has 0 fully saturated rings. The van der Waals surface area contributed by atoms with Gasteiger partial charge in [-0.25, -0.2) is 0 Å². The minimum Gasteiger partial charge on any atom is -0.0809 e. The van der Waals surface area contributed by atoms with Gasteiger partial charge in [-0.3, -0.25) is 0 Å². The van der Waals surface area contributed by atoms with E-state index in [0.717, 1.165) is 0 Å². The summed E-state index contributed by atoms with van der Waals surface area (Å²) in [5, 5.41) is 1.68. The van der Waals surface area contributed by atoms with Gasteiger partial charge in [-0.05, 0) is 17.5 Å². The molecule has 1 atom stereocenters. The molecule has 0 heterocycles. The summed E-state index contributed by atoms with van der Waals surface area (Å²) in [5.74, 6) is 0. The molecule has 0 amide bonds. The highest BCUT2D eigenvalue weighted by Gasteiger charge is 2.37. The summed E-state index contributed by atoms with van der Waals surface area (Å²) >= 11 is 0. The summed E-state index contributed by atoms with van der Waals surface area (Å²) < 4.78 is 0. The zero-order chi connectivity index (χ0) is 11.9. The third-order valence-electron chi connectivity index (χ3n) is 4.18. The molecule has 0 bridgehead atoms. The van der Waals surface area contributed by atoms with Gasteiger partial charge < -0.3 is 0 Å². The van der Waals surface area contributed by atoms with Crippen LogP contribution in [-0.2, 0) is 0 Å². The van der Waals surface area contributed by atoms with Gasteiger partial charge in [-0.1, -0.05) is 72.9 Å². The van der Waals surface area contributed by atoms with Crippen molar-refractivity contribution < 1.29 is 0 Å². The van der Waals surface area contributed by atoms with Gasteiger partial charge in [-0.15, -0.1) is 0 Å². The summed E-state index contributed by atoms with van der Waals surface area (Å²) in [6.07, 6.45) is 12.8. The minimum atomic E-state index is -1.38.